The summed E-state index contributed by atoms with van der Waals surface area (Å²) in [5.41, 5.74) is 3.90. The highest BCUT2D eigenvalue weighted by atomic mass is 79.9. The Balaban J connectivity index is 2.02. The lowest BCUT2D eigenvalue weighted by Gasteiger charge is -2.12. The van der Waals surface area contributed by atoms with Gasteiger partial charge in [0.25, 0.3) is 0 Å². The van der Waals surface area contributed by atoms with Crippen LogP contribution in [0, 0.1) is 0 Å². The van der Waals surface area contributed by atoms with Gasteiger partial charge in [-0.15, -0.1) is 13.2 Å². The molecule has 0 amide bonds. The van der Waals surface area contributed by atoms with Crippen LogP contribution in [0.2, 0.25) is 0 Å². The fourth-order valence-corrected chi connectivity index (χ4v) is 1.99. The fourth-order valence-electron chi connectivity index (χ4n) is 1.48. The first-order valence-corrected chi connectivity index (χ1v) is 6.14. The maximum absolute atomic E-state index is 12.1. The van der Waals surface area contributed by atoms with E-state index in [1.165, 1.54) is 6.07 Å². The summed E-state index contributed by atoms with van der Waals surface area (Å²) in [5.74, 6) is -0.253. The second-order valence-corrected chi connectivity index (χ2v) is 4.59. The van der Waals surface area contributed by atoms with Crippen LogP contribution in [0.1, 0.15) is 5.56 Å². The zero-order valence-corrected chi connectivity index (χ0v) is 11.2. The summed E-state index contributed by atoms with van der Waals surface area (Å²) in [4.78, 5) is 0. The van der Waals surface area contributed by atoms with Gasteiger partial charge >= 0.3 is 6.36 Å². The molecule has 0 aliphatic rings. The molecule has 2 aromatic rings. The molecule has 1 heterocycles. The number of alkyl halides is 3. The summed E-state index contributed by atoms with van der Waals surface area (Å²) in [6, 6.07) is 8.16. The molecule has 0 radical (unpaired) electrons. The van der Waals surface area contributed by atoms with Crippen molar-refractivity contribution in [1.29, 1.82) is 0 Å². The van der Waals surface area contributed by atoms with Crippen molar-refractivity contribution in [3.8, 4) is 5.75 Å². The molecule has 3 nitrogen and oxygen atoms in total. The van der Waals surface area contributed by atoms with Crippen molar-refractivity contribution < 1.29 is 17.9 Å². The van der Waals surface area contributed by atoms with Crippen molar-refractivity contribution in [2.24, 2.45) is 0 Å². The summed E-state index contributed by atoms with van der Waals surface area (Å²) in [6.45, 7) is 0.486. The third-order valence-electron chi connectivity index (χ3n) is 2.29. The smallest absolute Gasteiger partial charge is 0.405 e. The van der Waals surface area contributed by atoms with Crippen LogP contribution in [0.5, 0.6) is 5.75 Å². The summed E-state index contributed by atoms with van der Waals surface area (Å²) < 4.78 is 42.2. The maximum Gasteiger partial charge on any atom is 0.573 e. The molecule has 1 N–H and O–H groups in total. The van der Waals surface area contributed by atoms with Gasteiger partial charge in [-0.2, -0.15) is 0 Å². The minimum Gasteiger partial charge on any atom is -0.405 e. The predicted octanol–water partition coefficient (Wildman–Crippen LogP) is 3.89. The molecule has 0 saturated heterocycles. The van der Waals surface area contributed by atoms with Crippen LogP contribution >= 0.6 is 15.9 Å². The number of nitrogens with zero attached hydrogens (tertiary/aromatic N) is 1. The zero-order valence-electron chi connectivity index (χ0n) is 9.62. The number of nitrogens with one attached hydrogen (secondary N) is 1. The Labute approximate surface area is 116 Å². The summed E-state index contributed by atoms with van der Waals surface area (Å²) in [5, 5.41) is 0. The Bertz CT molecular complexity index is 540. The van der Waals surface area contributed by atoms with Crippen LogP contribution < -0.4 is 10.2 Å². The van der Waals surface area contributed by atoms with E-state index in [9.17, 15) is 13.2 Å². The molecule has 0 saturated carbocycles. The number of benzene rings is 1. The molecule has 0 aliphatic carbocycles. The third kappa shape index (κ3) is 4.20. The minimum absolute atomic E-state index is 0.253. The van der Waals surface area contributed by atoms with E-state index in [4.69, 9.17) is 0 Å². The fraction of sp³-hybridized carbons (Fsp3) is 0.167. The highest BCUT2D eigenvalue weighted by Crippen LogP contribution is 2.31. The van der Waals surface area contributed by atoms with Gasteiger partial charge in [0, 0.05) is 12.4 Å². The summed E-state index contributed by atoms with van der Waals surface area (Å²) in [7, 11) is 0. The molecule has 102 valence electrons. The van der Waals surface area contributed by atoms with E-state index in [-0.39, 0.29) is 10.2 Å². The van der Waals surface area contributed by atoms with Crippen LogP contribution in [0.4, 0.5) is 13.2 Å². The lowest BCUT2D eigenvalue weighted by molar-refractivity contribution is -0.274. The van der Waals surface area contributed by atoms with Crippen LogP contribution in [-0.4, -0.2) is 11.0 Å². The first kappa shape index (κ1) is 13.8. The van der Waals surface area contributed by atoms with E-state index in [1.807, 2.05) is 24.5 Å². The number of aromatic nitrogens is 1. The average molecular weight is 335 g/mol. The van der Waals surface area contributed by atoms with Crippen LogP contribution in [-0.2, 0) is 6.54 Å². The van der Waals surface area contributed by atoms with Gasteiger partial charge in [-0.3, -0.25) is 4.68 Å². The van der Waals surface area contributed by atoms with Crippen molar-refractivity contribution in [3.63, 3.8) is 0 Å². The molecular formula is C12H10BrF3N2O. The maximum atomic E-state index is 12.1. The van der Waals surface area contributed by atoms with Crippen molar-refractivity contribution in [2.75, 3.05) is 5.43 Å². The van der Waals surface area contributed by atoms with Gasteiger partial charge in [-0.25, -0.2) is 0 Å². The molecule has 0 aliphatic heterocycles. The Morgan fingerprint density at radius 3 is 2.47 bits per heavy atom. The van der Waals surface area contributed by atoms with Gasteiger partial charge in [-0.05, 0) is 45.8 Å². The largest absolute Gasteiger partial charge is 0.573 e. The van der Waals surface area contributed by atoms with Gasteiger partial charge in [0.05, 0.1) is 11.0 Å². The Morgan fingerprint density at radius 2 is 1.89 bits per heavy atom. The van der Waals surface area contributed by atoms with Crippen LogP contribution in [0.25, 0.3) is 0 Å². The number of ether oxygens (including phenoxy) is 1. The molecule has 0 fully saturated rings. The molecule has 19 heavy (non-hydrogen) atoms. The van der Waals surface area contributed by atoms with E-state index < -0.39 is 6.36 Å². The van der Waals surface area contributed by atoms with E-state index in [2.05, 4.69) is 26.1 Å². The first-order chi connectivity index (χ1) is 8.94. The quantitative estimate of drug-likeness (QED) is 0.917. The molecule has 2 rings (SSSR count). The number of rotatable bonds is 4. The number of halogens is 4. The van der Waals surface area contributed by atoms with Crippen LogP contribution in [0.3, 0.4) is 0 Å². The number of hydrogen-bond donors (Lipinski definition) is 1. The van der Waals surface area contributed by atoms with Crippen molar-refractivity contribution in [1.82, 2.24) is 4.68 Å². The SMILES string of the molecule is FC(F)(F)Oc1ccc(CNn2cccc2)cc1Br. The summed E-state index contributed by atoms with van der Waals surface area (Å²) in [6.07, 6.45) is -1.03. The predicted molar refractivity (Wildman–Crippen MR) is 68.3 cm³/mol. The topological polar surface area (TPSA) is 26.2 Å². The molecule has 0 bridgehead atoms. The molecule has 1 aromatic carbocycles. The van der Waals surface area contributed by atoms with E-state index >= 15 is 0 Å². The standard InChI is InChI=1S/C12H10BrF3N2O/c13-10-7-9(8-17-18-5-1-2-6-18)3-4-11(10)19-12(14,15)16/h1-7,17H,8H2. The second-order valence-electron chi connectivity index (χ2n) is 3.74. The molecular weight excluding hydrogens is 325 g/mol. The Morgan fingerprint density at radius 1 is 1.21 bits per heavy atom. The van der Waals surface area contributed by atoms with Crippen molar-refractivity contribution >= 4 is 15.9 Å². The van der Waals surface area contributed by atoms with Crippen molar-refractivity contribution in [3.05, 3.63) is 52.8 Å². The van der Waals surface area contributed by atoms with Gasteiger partial charge in [0.15, 0.2) is 0 Å². The molecule has 0 unspecified atom stereocenters. The Kier molecular flexibility index (Phi) is 4.04. The highest BCUT2D eigenvalue weighted by molar-refractivity contribution is 9.10. The van der Waals surface area contributed by atoms with Gasteiger partial charge < -0.3 is 10.2 Å². The monoisotopic (exact) mass is 334 g/mol. The average Bonchev–Trinajstić information content (AvgIpc) is 2.81. The molecule has 1 aromatic heterocycles. The third-order valence-corrected chi connectivity index (χ3v) is 2.91. The minimum atomic E-state index is -4.69. The van der Waals surface area contributed by atoms with E-state index in [0.29, 0.717) is 6.54 Å². The number of hydrogen-bond acceptors (Lipinski definition) is 2. The second kappa shape index (κ2) is 5.56. The van der Waals surface area contributed by atoms with Gasteiger partial charge in [0.2, 0.25) is 0 Å². The molecule has 7 heteroatoms. The lowest BCUT2D eigenvalue weighted by Crippen LogP contribution is -2.17. The highest BCUT2D eigenvalue weighted by Gasteiger charge is 2.31. The van der Waals surface area contributed by atoms with Crippen LogP contribution in [0.15, 0.2) is 47.2 Å². The zero-order chi connectivity index (χ0) is 13.9. The van der Waals surface area contributed by atoms with Crippen molar-refractivity contribution in [2.45, 2.75) is 12.9 Å². The molecule has 0 atom stereocenters. The summed E-state index contributed by atoms with van der Waals surface area (Å²) >= 11 is 3.06. The van der Waals surface area contributed by atoms with Gasteiger partial charge in [-0.1, -0.05) is 6.07 Å². The van der Waals surface area contributed by atoms with Gasteiger partial charge in [0.1, 0.15) is 5.75 Å². The normalized spacial score (nSPS) is 11.4. The lowest BCUT2D eigenvalue weighted by atomic mass is 10.2. The first-order valence-electron chi connectivity index (χ1n) is 5.35. The molecule has 0 spiro atoms. The van der Waals surface area contributed by atoms with E-state index in [0.717, 1.165) is 5.56 Å². The van der Waals surface area contributed by atoms with E-state index in [1.54, 1.807) is 16.8 Å². The Hall–Kier alpha value is -1.63.